The van der Waals surface area contributed by atoms with Crippen LogP contribution in [-0.2, 0) is 29.8 Å². The first-order chi connectivity index (χ1) is 19.3. The molecular formula is C29H38N4O8S. The van der Waals surface area contributed by atoms with Crippen molar-refractivity contribution in [3.8, 4) is 5.75 Å². The van der Waals surface area contributed by atoms with Gasteiger partial charge < -0.3 is 20.1 Å². The number of hydrogen-bond acceptors (Lipinski definition) is 8. The van der Waals surface area contributed by atoms with Crippen LogP contribution in [0.1, 0.15) is 63.9 Å². The number of nitrogens with one attached hydrogen (secondary N) is 2. The summed E-state index contributed by atoms with van der Waals surface area (Å²) in [4.78, 5) is 52.0. The lowest BCUT2D eigenvalue weighted by Gasteiger charge is -2.30. The van der Waals surface area contributed by atoms with Gasteiger partial charge in [-0.2, -0.15) is 0 Å². The summed E-state index contributed by atoms with van der Waals surface area (Å²) in [7, 11) is -2.37. The first-order valence-electron chi connectivity index (χ1n) is 13.2. The summed E-state index contributed by atoms with van der Waals surface area (Å²) in [5.74, 6) is -1.24. The highest BCUT2D eigenvalue weighted by molar-refractivity contribution is 7.92. The normalized spacial score (nSPS) is 14.2. The zero-order chi connectivity index (χ0) is 31.6. The van der Waals surface area contributed by atoms with Crippen molar-refractivity contribution in [3.63, 3.8) is 0 Å². The zero-order valence-corrected chi connectivity index (χ0v) is 26.0. The second-order valence-corrected chi connectivity index (χ2v) is 13.9. The SMILES string of the molecule is COc1c(C(=O)Nc2ccc(N(COC(=O)C(C)(C)C)S(C)(=O)=O)cc2)cc(N2C(=O)CCNC2=O)cc1C(C)(C)C. The summed E-state index contributed by atoms with van der Waals surface area (Å²) in [6, 6.07) is 8.44. The topological polar surface area (TPSA) is 151 Å². The number of nitrogens with zero attached hydrogens (tertiary/aromatic N) is 2. The fourth-order valence-corrected chi connectivity index (χ4v) is 4.88. The molecule has 0 radical (unpaired) electrons. The predicted molar refractivity (Wildman–Crippen MR) is 159 cm³/mol. The van der Waals surface area contributed by atoms with Crippen LogP contribution < -0.4 is 24.6 Å². The summed E-state index contributed by atoms with van der Waals surface area (Å²) in [6.45, 7) is 10.4. The lowest BCUT2D eigenvalue weighted by Crippen LogP contribution is -2.50. The van der Waals surface area contributed by atoms with Crippen LogP contribution >= 0.6 is 0 Å². The molecule has 0 unspecified atom stereocenters. The van der Waals surface area contributed by atoms with Gasteiger partial charge in [0.25, 0.3) is 5.91 Å². The Balaban J connectivity index is 1.95. The molecule has 4 amide bonds. The van der Waals surface area contributed by atoms with E-state index in [-0.39, 0.29) is 35.7 Å². The van der Waals surface area contributed by atoms with Crippen LogP contribution in [0.2, 0.25) is 0 Å². The van der Waals surface area contributed by atoms with Crippen LogP contribution in [0, 0.1) is 5.41 Å². The molecule has 0 saturated carbocycles. The van der Waals surface area contributed by atoms with Crippen molar-refractivity contribution >= 4 is 50.9 Å². The Hall–Kier alpha value is -4.13. The number of amides is 4. The molecule has 0 aliphatic carbocycles. The molecule has 1 aliphatic rings. The largest absolute Gasteiger partial charge is 0.496 e. The van der Waals surface area contributed by atoms with E-state index in [9.17, 15) is 27.6 Å². The second kappa shape index (κ2) is 12.0. The van der Waals surface area contributed by atoms with E-state index in [1.165, 1.54) is 37.4 Å². The van der Waals surface area contributed by atoms with E-state index in [4.69, 9.17) is 9.47 Å². The number of benzene rings is 2. The Kier molecular flexibility index (Phi) is 9.25. The first-order valence-corrected chi connectivity index (χ1v) is 15.1. The number of urea groups is 1. The standard InChI is InChI=1S/C29H38N4O8S/c1-28(2,3)22-16-20(33-23(34)13-14-30-27(33)37)15-21(24(22)40-7)25(35)31-18-9-11-19(12-10-18)32(42(8,38)39)17-41-26(36)29(4,5)6/h9-12,15-16H,13-14,17H2,1-8H3,(H,30,37)(H,31,35). The Morgan fingerprint density at radius 1 is 1.05 bits per heavy atom. The number of ether oxygens (including phenoxy) is 2. The summed E-state index contributed by atoms with van der Waals surface area (Å²) in [5, 5.41) is 5.41. The van der Waals surface area contributed by atoms with Crippen molar-refractivity contribution in [1.29, 1.82) is 0 Å². The van der Waals surface area contributed by atoms with Gasteiger partial charge in [0, 0.05) is 24.2 Å². The quantitative estimate of drug-likeness (QED) is 0.340. The molecule has 3 rings (SSSR count). The van der Waals surface area contributed by atoms with Crippen LogP contribution in [0.4, 0.5) is 21.9 Å². The Labute approximate surface area is 246 Å². The molecule has 1 heterocycles. The van der Waals surface area contributed by atoms with Gasteiger partial charge in [0.1, 0.15) is 5.75 Å². The van der Waals surface area contributed by atoms with Crippen LogP contribution in [0.3, 0.4) is 0 Å². The number of rotatable bonds is 8. The third kappa shape index (κ3) is 7.38. The van der Waals surface area contributed by atoms with Crippen molar-refractivity contribution in [2.24, 2.45) is 5.41 Å². The third-order valence-electron chi connectivity index (χ3n) is 6.39. The van der Waals surface area contributed by atoms with Gasteiger partial charge in [0.05, 0.1) is 35.7 Å². The number of sulfonamides is 1. The number of anilines is 3. The van der Waals surface area contributed by atoms with Gasteiger partial charge in [-0.3, -0.25) is 14.4 Å². The fourth-order valence-electron chi connectivity index (χ4n) is 4.14. The minimum absolute atomic E-state index is 0.0991. The number of carbonyl (C=O) groups is 4. The molecule has 0 spiro atoms. The fraction of sp³-hybridized carbons (Fsp3) is 0.448. The number of methoxy groups -OCH3 is 1. The van der Waals surface area contributed by atoms with Crippen LogP contribution in [0.25, 0.3) is 0 Å². The lowest BCUT2D eigenvalue weighted by atomic mass is 9.84. The first kappa shape index (κ1) is 32.4. The smallest absolute Gasteiger partial charge is 0.328 e. The highest BCUT2D eigenvalue weighted by Crippen LogP contribution is 2.38. The Morgan fingerprint density at radius 3 is 2.17 bits per heavy atom. The van der Waals surface area contributed by atoms with Crippen molar-refractivity contribution in [1.82, 2.24) is 5.32 Å². The predicted octanol–water partition coefficient (Wildman–Crippen LogP) is 4.00. The van der Waals surface area contributed by atoms with E-state index in [1.807, 2.05) is 20.8 Å². The molecule has 0 atom stereocenters. The molecule has 1 saturated heterocycles. The van der Waals surface area contributed by atoms with Crippen molar-refractivity contribution in [2.45, 2.75) is 53.4 Å². The van der Waals surface area contributed by atoms with Gasteiger partial charge in [-0.15, -0.1) is 0 Å². The summed E-state index contributed by atoms with van der Waals surface area (Å²) in [5.41, 5.74) is 0.177. The van der Waals surface area contributed by atoms with Gasteiger partial charge in [0.15, 0.2) is 6.73 Å². The molecule has 1 aliphatic heterocycles. The van der Waals surface area contributed by atoms with Gasteiger partial charge in [-0.25, -0.2) is 22.4 Å². The maximum absolute atomic E-state index is 13.6. The maximum Gasteiger partial charge on any atom is 0.328 e. The number of esters is 1. The van der Waals surface area contributed by atoms with E-state index < -0.39 is 51.4 Å². The Bertz CT molecular complexity index is 1470. The molecule has 13 heteroatoms. The summed E-state index contributed by atoms with van der Waals surface area (Å²) in [6.07, 6.45) is 1.11. The summed E-state index contributed by atoms with van der Waals surface area (Å²) >= 11 is 0. The highest BCUT2D eigenvalue weighted by Gasteiger charge is 2.32. The van der Waals surface area contributed by atoms with Gasteiger partial charge in [-0.1, -0.05) is 20.8 Å². The van der Waals surface area contributed by atoms with Crippen molar-refractivity contribution in [2.75, 3.05) is 41.2 Å². The number of hydrogen-bond donors (Lipinski definition) is 2. The molecule has 2 aromatic carbocycles. The molecule has 12 nitrogen and oxygen atoms in total. The molecular weight excluding hydrogens is 564 g/mol. The molecule has 228 valence electrons. The maximum atomic E-state index is 13.6. The van der Waals surface area contributed by atoms with E-state index in [1.54, 1.807) is 26.8 Å². The average Bonchev–Trinajstić information content (AvgIpc) is 2.87. The van der Waals surface area contributed by atoms with Gasteiger partial charge in [0.2, 0.25) is 15.9 Å². The molecule has 0 aromatic heterocycles. The second-order valence-electron chi connectivity index (χ2n) is 12.0. The van der Waals surface area contributed by atoms with Crippen molar-refractivity contribution in [3.05, 3.63) is 47.5 Å². The number of carbonyl (C=O) groups excluding carboxylic acids is 4. The van der Waals surface area contributed by atoms with E-state index >= 15 is 0 Å². The molecule has 2 aromatic rings. The third-order valence-corrected chi connectivity index (χ3v) is 7.51. The van der Waals surface area contributed by atoms with Crippen molar-refractivity contribution < 1.29 is 37.1 Å². The van der Waals surface area contributed by atoms with Gasteiger partial charge in [-0.05, 0) is 62.6 Å². The lowest BCUT2D eigenvalue weighted by molar-refractivity contribution is -0.152. The zero-order valence-electron chi connectivity index (χ0n) is 25.2. The average molecular weight is 603 g/mol. The molecule has 2 N–H and O–H groups in total. The van der Waals surface area contributed by atoms with Crippen LogP contribution in [0.15, 0.2) is 36.4 Å². The number of imide groups is 1. The highest BCUT2D eigenvalue weighted by atomic mass is 32.2. The van der Waals surface area contributed by atoms with E-state index in [0.29, 0.717) is 11.3 Å². The minimum Gasteiger partial charge on any atom is -0.496 e. The van der Waals surface area contributed by atoms with Crippen LogP contribution in [-0.4, -0.2) is 58.9 Å². The molecule has 0 bridgehead atoms. The van der Waals surface area contributed by atoms with E-state index in [2.05, 4.69) is 10.6 Å². The Morgan fingerprint density at radius 2 is 1.67 bits per heavy atom. The molecule has 42 heavy (non-hydrogen) atoms. The van der Waals surface area contributed by atoms with Crippen LogP contribution in [0.5, 0.6) is 5.75 Å². The minimum atomic E-state index is -3.80. The van der Waals surface area contributed by atoms with Gasteiger partial charge >= 0.3 is 12.0 Å². The monoisotopic (exact) mass is 602 g/mol. The summed E-state index contributed by atoms with van der Waals surface area (Å²) < 4.78 is 36.6. The molecule has 1 fully saturated rings. The van der Waals surface area contributed by atoms with E-state index in [0.717, 1.165) is 15.5 Å².